The van der Waals surface area contributed by atoms with Crippen LogP contribution in [-0.4, -0.2) is 62.9 Å². The van der Waals surface area contributed by atoms with Gasteiger partial charge < -0.3 is 19.5 Å². The first-order valence-electron chi connectivity index (χ1n) is 9.06. The summed E-state index contributed by atoms with van der Waals surface area (Å²) in [5, 5.41) is 3.45. The van der Waals surface area contributed by atoms with Crippen LogP contribution in [0.2, 0.25) is 5.02 Å². The van der Waals surface area contributed by atoms with E-state index in [2.05, 4.69) is 15.2 Å². The lowest BCUT2D eigenvalue weighted by Gasteiger charge is -2.35. The first kappa shape index (κ1) is 20.4. The van der Waals surface area contributed by atoms with Crippen molar-refractivity contribution in [3.63, 3.8) is 0 Å². The molecule has 1 amide bonds. The van der Waals surface area contributed by atoms with E-state index in [0.717, 1.165) is 18.7 Å². The molecule has 1 fully saturated rings. The highest BCUT2D eigenvalue weighted by molar-refractivity contribution is 6.30. The number of ether oxygens (including phenoxy) is 3. The molecule has 1 aromatic carbocycles. The van der Waals surface area contributed by atoms with E-state index in [1.54, 1.807) is 26.4 Å². The highest BCUT2D eigenvalue weighted by atomic mass is 35.5. The molecule has 1 aliphatic heterocycles. The molecule has 28 heavy (non-hydrogen) atoms. The molecule has 1 unspecified atom stereocenters. The summed E-state index contributed by atoms with van der Waals surface area (Å²) < 4.78 is 16.3. The van der Waals surface area contributed by atoms with Crippen molar-refractivity contribution >= 4 is 17.5 Å². The van der Waals surface area contributed by atoms with Crippen LogP contribution in [0.25, 0.3) is 0 Å². The predicted molar refractivity (Wildman–Crippen MR) is 106 cm³/mol. The van der Waals surface area contributed by atoms with Crippen LogP contribution in [0.4, 0.5) is 0 Å². The first-order valence-corrected chi connectivity index (χ1v) is 9.43. The molecule has 1 aliphatic rings. The molecular weight excluding hydrogens is 382 g/mol. The Labute approximate surface area is 169 Å². The van der Waals surface area contributed by atoms with E-state index >= 15 is 0 Å². The van der Waals surface area contributed by atoms with Crippen LogP contribution in [0.3, 0.4) is 0 Å². The fourth-order valence-corrected chi connectivity index (χ4v) is 3.38. The Morgan fingerprint density at radius 1 is 1.21 bits per heavy atom. The Morgan fingerprint density at radius 3 is 2.64 bits per heavy atom. The van der Waals surface area contributed by atoms with Crippen LogP contribution in [0, 0.1) is 0 Å². The second-order valence-electron chi connectivity index (χ2n) is 6.35. The number of carbonyl (C=O) groups is 1. The number of hydrogen-bond acceptors (Lipinski definition) is 6. The van der Waals surface area contributed by atoms with Crippen molar-refractivity contribution in [3.8, 4) is 11.5 Å². The minimum Gasteiger partial charge on any atom is -0.493 e. The molecule has 0 spiro atoms. The summed E-state index contributed by atoms with van der Waals surface area (Å²) in [5.74, 6) is 1.06. The van der Waals surface area contributed by atoms with E-state index in [9.17, 15) is 4.79 Å². The number of methoxy groups -OCH3 is 2. The third-order valence-corrected chi connectivity index (χ3v) is 4.92. The molecule has 150 valence electrons. The number of pyridine rings is 1. The van der Waals surface area contributed by atoms with Crippen molar-refractivity contribution in [3.05, 3.63) is 52.8 Å². The maximum Gasteiger partial charge on any atom is 0.269 e. The van der Waals surface area contributed by atoms with Gasteiger partial charge in [0.25, 0.3) is 5.91 Å². The molecular formula is C20H24ClN3O4. The third-order valence-electron chi connectivity index (χ3n) is 4.69. The summed E-state index contributed by atoms with van der Waals surface area (Å²) >= 11 is 5.96. The Morgan fingerprint density at radius 2 is 1.96 bits per heavy atom. The number of rotatable bonds is 7. The Hall–Kier alpha value is -2.35. The van der Waals surface area contributed by atoms with E-state index in [4.69, 9.17) is 25.8 Å². The molecule has 0 aliphatic carbocycles. The molecule has 8 heteroatoms. The molecule has 1 saturated heterocycles. The van der Waals surface area contributed by atoms with Gasteiger partial charge in [0.2, 0.25) is 0 Å². The van der Waals surface area contributed by atoms with Crippen LogP contribution in [-0.2, 0) is 4.74 Å². The number of benzene rings is 1. The number of nitrogens with one attached hydrogen (secondary N) is 1. The lowest BCUT2D eigenvalue weighted by atomic mass is 10.0. The quantitative estimate of drug-likeness (QED) is 0.763. The monoisotopic (exact) mass is 405 g/mol. The van der Waals surface area contributed by atoms with Gasteiger partial charge >= 0.3 is 0 Å². The van der Waals surface area contributed by atoms with Crippen molar-refractivity contribution in [2.45, 2.75) is 6.04 Å². The number of aromatic nitrogens is 1. The lowest BCUT2D eigenvalue weighted by Crippen LogP contribution is -2.44. The SMILES string of the molecule is COc1ccc(C(CNC(=O)c2cc(Cl)ccn2)N2CCOCC2)cc1OC. The van der Waals surface area contributed by atoms with Gasteiger partial charge in [-0.2, -0.15) is 0 Å². The van der Waals surface area contributed by atoms with Gasteiger partial charge in [0.05, 0.1) is 33.5 Å². The normalized spacial score (nSPS) is 15.7. The Kier molecular flexibility index (Phi) is 7.08. The summed E-state index contributed by atoms with van der Waals surface area (Å²) in [7, 11) is 3.22. The van der Waals surface area contributed by atoms with E-state index in [1.807, 2.05) is 18.2 Å². The first-order chi connectivity index (χ1) is 13.6. The zero-order valence-corrected chi connectivity index (χ0v) is 16.7. The van der Waals surface area contributed by atoms with Gasteiger partial charge in [0, 0.05) is 30.9 Å². The van der Waals surface area contributed by atoms with Crippen LogP contribution in [0.1, 0.15) is 22.1 Å². The second-order valence-corrected chi connectivity index (χ2v) is 6.78. The van der Waals surface area contributed by atoms with Crippen LogP contribution >= 0.6 is 11.6 Å². The molecule has 1 aromatic heterocycles. The van der Waals surface area contributed by atoms with E-state index < -0.39 is 0 Å². The lowest BCUT2D eigenvalue weighted by molar-refractivity contribution is 0.0161. The van der Waals surface area contributed by atoms with Crippen LogP contribution in [0.15, 0.2) is 36.5 Å². The molecule has 2 heterocycles. The standard InChI is InChI=1S/C20H24ClN3O4/c1-26-18-4-3-14(11-19(18)27-2)17(24-7-9-28-10-8-24)13-23-20(25)16-12-15(21)5-6-22-16/h3-6,11-12,17H,7-10,13H2,1-2H3,(H,23,25). The van der Waals surface area contributed by atoms with Gasteiger partial charge in [0.1, 0.15) is 5.69 Å². The van der Waals surface area contributed by atoms with Crippen LogP contribution in [0.5, 0.6) is 11.5 Å². The number of halogens is 1. The van der Waals surface area contributed by atoms with Gasteiger partial charge in [-0.05, 0) is 29.8 Å². The van der Waals surface area contributed by atoms with Crippen molar-refractivity contribution in [1.29, 1.82) is 0 Å². The van der Waals surface area contributed by atoms with Gasteiger partial charge in [0.15, 0.2) is 11.5 Å². The summed E-state index contributed by atoms with van der Waals surface area (Å²) in [5.41, 5.74) is 1.32. The van der Waals surface area contributed by atoms with Crippen LogP contribution < -0.4 is 14.8 Å². The molecule has 7 nitrogen and oxygen atoms in total. The highest BCUT2D eigenvalue weighted by Crippen LogP contribution is 2.32. The van der Waals surface area contributed by atoms with Crippen molar-refractivity contribution in [2.24, 2.45) is 0 Å². The average molecular weight is 406 g/mol. The average Bonchev–Trinajstić information content (AvgIpc) is 2.74. The highest BCUT2D eigenvalue weighted by Gasteiger charge is 2.24. The molecule has 2 aromatic rings. The zero-order chi connectivity index (χ0) is 19.9. The molecule has 1 N–H and O–H groups in total. The number of amides is 1. The number of nitrogens with zero attached hydrogens (tertiary/aromatic N) is 2. The molecule has 0 saturated carbocycles. The van der Waals surface area contributed by atoms with Gasteiger partial charge in [-0.25, -0.2) is 0 Å². The zero-order valence-electron chi connectivity index (χ0n) is 16.0. The Bertz CT molecular complexity index is 812. The second kappa shape index (κ2) is 9.73. The van der Waals surface area contributed by atoms with Crippen molar-refractivity contribution < 1.29 is 19.0 Å². The molecule has 0 bridgehead atoms. The van der Waals surface area contributed by atoms with E-state index in [1.165, 1.54) is 6.20 Å². The maximum atomic E-state index is 12.5. The predicted octanol–water partition coefficient (Wildman–Crippen LogP) is 2.56. The van der Waals surface area contributed by atoms with Crippen molar-refractivity contribution in [2.75, 3.05) is 47.1 Å². The molecule has 3 rings (SSSR count). The van der Waals surface area contributed by atoms with Gasteiger partial charge in [-0.15, -0.1) is 0 Å². The van der Waals surface area contributed by atoms with Gasteiger partial charge in [-0.3, -0.25) is 14.7 Å². The number of morpholine rings is 1. The number of carbonyl (C=O) groups excluding carboxylic acids is 1. The smallest absolute Gasteiger partial charge is 0.269 e. The van der Waals surface area contributed by atoms with Crippen molar-refractivity contribution in [1.82, 2.24) is 15.2 Å². The largest absolute Gasteiger partial charge is 0.493 e. The van der Waals surface area contributed by atoms with E-state index in [-0.39, 0.29) is 11.9 Å². The fourth-order valence-electron chi connectivity index (χ4n) is 3.22. The van der Waals surface area contributed by atoms with Gasteiger partial charge in [-0.1, -0.05) is 17.7 Å². The summed E-state index contributed by atoms with van der Waals surface area (Å²) in [6, 6.07) is 8.97. The Balaban J connectivity index is 1.80. The summed E-state index contributed by atoms with van der Waals surface area (Å²) in [6.07, 6.45) is 1.52. The molecule has 0 radical (unpaired) electrons. The van der Waals surface area contributed by atoms with E-state index in [0.29, 0.717) is 42.0 Å². The topological polar surface area (TPSA) is 72.9 Å². The maximum absolute atomic E-state index is 12.5. The fraction of sp³-hybridized carbons (Fsp3) is 0.400. The minimum atomic E-state index is -0.263. The molecule has 1 atom stereocenters. The number of hydrogen-bond donors (Lipinski definition) is 1. The minimum absolute atomic E-state index is 0.0353. The summed E-state index contributed by atoms with van der Waals surface area (Å²) in [6.45, 7) is 3.30. The summed E-state index contributed by atoms with van der Waals surface area (Å²) in [4.78, 5) is 18.9. The third kappa shape index (κ3) is 4.92.